The van der Waals surface area contributed by atoms with E-state index in [2.05, 4.69) is 23.3 Å². The molecule has 4 nitrogen and oxygen atoms in total. The van der Waals surface area contributed by atoms with Gasteiger partial charge in [0.2, 0.25) is 5.91 Å². The third-order valence-corrected chi connectivity index (χ3v) is 4.44. The molecule has 0 fully saturated rings. The van der Waals surface area contributed by atoms with Gasteiger partial charge in [0.1, 0.15) is 0 Å². The molecule has 2 rings (SSSR count). The van der Waals surface area contributed by atoms with Crippen molar-refractivity contribution in [3.05, 3.63) is 22.4 Å². The number of nitrogens with two attached hydrogens (primary N) is 1. The lowest BCUT2D eigenvalue weighted by Gasteiger charge is -2.08. The van der Waals surface area contributed by atoms with Crippen LogP contribution >= 0.6 is 22.7 Å². The molecule has 0 aliphatic heterocycles. The van der Waals surface area contributed by atoms with Crippen LogP contribution in [0.3, 0.4) is 0 Å². The van der Waals surface area contributed by atoms with Crippen LogP contribution in [0.2, 0.25) is 0 Å². The Morgan fingerprint density at radius 1 is 1.53 bits per heavy atom. The molecule has 102 valence electrons. The van der Waals surface area contributed by atoms with Gasteiger partial charge in [0.25, 0.3) is 0 Å². The molecule has 0 aliphatic rings. The van der Waals surface area contributed by atoms with Gasteiger partial charge in [-0.1, -0.05) is 13.3 Å². The van der Waals surface area contributed by atoms with Crippen molar-refractivity contribution in [3.63, 3.8) is 0 Å². The van der Waals surface area contributed by atoms with Gasteiger partial charge in [0.05, 0.1) is 16.6 Å². The van der Waals surface area contributed by atoms with Crippen LogP contribution in [0.15, 0.2) is 17.5 Å². The molecule has 2 aromatic rings. The lowest BCUT2D eigenvalue weighted by atomic mass is 10.2. The minimum absolute atomic E-state index is 0.162. The predicted molar refractivity (Wildman–Crippen MR) is 81.7 cm³/mol. The van der Waals surface area contributed by atoms with E-state index in [9.17, 15) is 4.79 Å². The Kier molecular flexibility index (Phi) is 4.68. The first-order valence-electron chi connectivity index (χ1n) is 6.19. The molecule has 0 saturated carbocycles. The number of thiophene rings is 1. The van der Waals surface area contributed by atoms with Crippen LogP contribution in [0.1, 0.15) is 24.6 Å². The topological polar surface area (TPSA) is 68.0 Å². The SMILES string of the molecule is CCCC(N)C(=O)Nc1nc(-c2ccc(C)s2)cs1. The van der Waals surface area contributed by atoms with Crippen LogP contribution in [0.25, 0.3) is 10.6 Å². The van der Waals surface area contributed by atoms with Crippen molar-refractivity contribution in [2.75, 3.05) is 5.32 Å². The molecule has 19 heavy (non-hydrogen) atoms. The summed E-state index contributed by atoms with van der Waals surface area (Å²) in [6.07, 6.45) is 1.58. The van der Waals surface area contributed by atoms with Crippen molar-refractivity contribution in [3.8, 4) is 10.6 Å². The molecule has 0 aromatic carbocycles. The number of thiazole rings is 1. The van der Waals surface area contributed by atoms with Crippen molar-refractivity contribution in [2.24, 2.45) is 5.73 Å². The number of aromatic nitrogens is 1. The predicted octanol–water partition coefficient (Wildman–Crippen LogP) is 3.25. The average molecular weight is 295 g/mol. The van der Waals surface area contributed by atoms with Gasteiger partial charge in [-0.05, 0) is 25.5 Å². The van der Waals surface area contributed by atoms with Gasteiger partial charge in [-0.25, -0.2) is 4.98 Å². The molecule has 0 saturated heterocycles. The molecule has 1 unspecified atom stereocenters. The van der Waals surface area contributed by atoms with Gasteiger partial charge < -0.3 is 11.1 Å². The van der Waals surface area contributed by atoms with Crippen LogP contribution in [0.5, 0.6) is 0 Å². The molecule has 6 heteroatoms. The van der Waals surface area contributed by atoms with Crippen LogP contribution in [0.4, 0.5) is 5.13 Å². The second kappa shape index (κ2) is 6.27. The quantitative estimate of drug-likeness (QED) is 0.889. The molecule has 2 heterocycles. The second-order valence-electron chi connectivity index (χ2n) is 4.33. The number of amides is 1. The first-order valence-corrected chi connectivity index (χ1v) is 7.88. The van der Waals surface area contributed by atoms with Crippen molar-refractivity contribution in [1.29, 1.82) is 0 Å². The normalized spacial score (nSPS) is 12.4. The molecule has 0 bridgehead atoms. The van der Waals surface area contributed by atoms with E-state index >= 15 is 0 Å². The summed E-state index contributed by atoms with van der Waals surface area (Å²) in [5, 5.41) is 5.33. The zero-order chi connectivity index (χ0) is 13.8. The molecule has 3 N–H and O–H groups in total. The lowest BCUT2D eigenvalue weighted by Crippen LogP contribution is -2.35. The molecule has 1 atom stereocenters. The highest BCUT2D eigenvalue weighted by molar-refractivity contribution is 7.17. The largest absolute Gasteiger partial charge is 0.320 e. The number of nitrogens with one attached hydrogen (secondary N) is 1. The number of carbonyl (C=O) groups excluding carboxylic acids is 1. The molecule has 0 aliphatic carbocycles. The number of hydrogen-bond acceptors (Lipinski definition) is 5. The molecule has 0 radical (unpaired) electrons. The van der Waals surface area contributed by atoms with Crippen LogP contribution in [0, 0.1) is 6.92 Å². The van der Waals surface area contributed by atoms with E-state index in [1.54, 1.807) is 11.3 Å². The highest BCUT2D eigenvalue weighted by Gasteiger charge is 2.14. The fourth-order valence-corrected chi connectivity index (χ4v) is 3.27. The maximum atomic E-state index is 11.8. The van der Waals surface area contributed by atoms with Gasteiger partial charge >= 0.3 is 0 Å². The second-order valence-corrected chi connectivity index (χ2v) is 6.48. The number of rotatable bonds is 5. The molecular weight excluding hydrogens is 278 g/mol. The van der Waals surface area contributed by atoms with Gasteiger partial charge in [-0.15, -0.1) is 22.7 Å². The first kappa shape index (κ1) is 14.2. The monoisotopic (exact) mass is 295 g/mol. The van der Waals surface area contributed by atoms with Crippen LogP contribution in [-0.2, 0) is 4.79 Å². The summed E-state index contributed by atoms with van der Waals surface area (Å²) >= 11 is 3.12. The first-order chi connectivity index (χ1) is 9.10. The number of hydrogen-bond donors (Lipinski definition) is 2. The standard InChI is InChI=1S/C13H17N3OS2/c1-3-4-9(14)12(17)16-13-15-10(7-18-13)11-6-5-8(2)19-11/h5-7,9H,3-4,14H2,1-2H3,(H,15,16,17). The molecule has 2 aromatic heterocycles. The maximum Gasteiger partial charge on any atom is 0.243 e. The van der Waals surface area contributed by atoms with E-state index < -0.39 is 6.04 Å². The Morgan fingerprint density at radius 3 is 2.95 bits per heavy atom. The van der Waals surface area contributed by atoms with Gasteiger partial charge in [-0.3, -0.25) is 4.79 Å². The zero-order valence-corrected chi connectivity index (χ0v) is 12.6. The Bertz CT molecular complexity index is 562. The van der Waals surface area contributed by atoms with Crippen LogP contribution in [-0.4, -0.2) is 16.9 Å². The highest BCUT2D eigenvalue weighted by atomic mass is 32.1. The van der Waals surface area contributed by atoms with E-state index in [1.807, 2.05) is 18.4 Å². The van der Waals surface area contributed by atoms with Crippen molar-refractivity contribution in [1.82, 2.24) is 4.98 Å². The average Bonchev–Trinajstić information content (AvgIpc) is 2.98. The molecular formula is C13H17N3OS2. The summed E-state index contributed by atoms with van der Waals surface area (Å²) in [5.74, 6) is -0.162. The Hall–Kier alpha value is -1.24. The minimum Gasteiger partial charge on any atom is -0.320 e. The van der Waals surface area contributed by atoms with Gasteiger partial charge in [0.15, 0.2) is 5.13 Å². The zero-order valence-electron chi connectivity index (χ0n) is 11.0. The van der Waals surface area contributed by atoms with E-state index in [-0.39, 0.29) is 5.91 Å². The molecule has 0 spiro atoms. The van der Waals surface area contributed by atoms with E-state index in [0.29, 0.717) is 11.6 Å². The number of aryl methyl sites for hydroxylation is 1. The Balaban J connectivity index is 2.03. The summed E-state index contributed by atoms with van der Waals surface area (Å²) in [5.41, 5.74) is 6.67. The van der Waals surface area contributed by atoms with Crippen molar-refractivity contribution >= 4 is 33.7 Å². The maximum absolute atomic E-state index is 11.8. The number of anilines is 1. The fraction of sp³-hybridized carbons (Fsp3) is 0.385. The summed E-state index contributed by atoms with van der Waals surface area (Å²) in [4.78, 5) is 18.6. The smallest absolute Gasteiger partial charge is 0.243 e. The Morgan fingerprint density at radius 2 is 2.32 bits per heavy atom. The minimum atomic E-state index is -0.457. The number of nitrogens with zero attached hydrogens (tertiary/aromatic N) is 1. The van der Waals surface area contributed by atoms with E-state index in [0.717, 1.165) is 17.0 Å². The van der Waals surface area contributed by atoms with E-state index in [4.69, 9.17) is 5.73 Å². The summed E-state index contributed by atoms with van der Waals surface area (Å²) in [7, 11) is 0. The fourth-order valence-electron chi connectivity index (χ4n) is 1.66. The summed E-state index contributed by atoms with van der Waals surface area (Å²) in [6.45, 7) is 4.07. The van der Waals surface area contributed by atoms with Gasteiger partial charge in [-0.2, -0.15) is 0 Å². The molecule has 1 amide bonds. The summed E-state index contributed by atoms with van der Waals surface area (Å²) in [6, 6.07) is 3.65. The van der Waals surface area contributed by atoms with Crippen LogP contribution < -0.4 is 11.1 Å². The van der Waals surface area contributed by atoms with Gasteiger partial charge in [0, 0.05) is 10.3 Å². The lowest BCUT2D eigenvalue weighted by molar-refractivity contribution is -0.117. The van der Waals surface area contributed by atoms with Crippen molar-refractivity contribution < 1.29 is 4.79 Å². The third-order valence-electron chi connectivity index (χ3n) is 2.66. The highest BCUT2D eigenvalue weighted by Crippen LogP contribution is 2.30. The summed E-state index contributed by atoms with van der Waals surface area (Å²) < 4.78 is 0. The Labute approximate surface area is 120 Å². The van der Waals surface area contributed by atoms with E-state index in [1.165, 1.54) is 16.2 Å². The van der Waals surface area contributed by atoms with Crippen molar-refractivity contribution in [2.45, 2.75) is 32.7 Å². The number of carbonyl (C=O) groups is 1. The third kappa shape index (κ3) is 3.62.